The van der Waals surface area contributed by atoms with Crippen LogP contribution < -0.4 is 0 Å². The third-order valence-electron chi connectivity index (χ3n) is 5.22. The minimum Gasteiger partial charge on any atom is -0.295 e. The molecule has 3 atom stereocenters. The summed E-state index contributed by atoms with van der Waals surface area (Å²) in [6, 6.07) is 3.07. The lowest BCUT2D eigenvalue weighted by Crippen LogP contribution is -2.42. The second-order valence-corrected chi connectivity index (χ2v) is 6.78. The van der Waals surface area contributed by atoms with Crippen molar-refractivity contribution in [2.75, 3.05) is 6.54 Å². The molecule has 18 heavy (non-hydrogen) atoms. The zero-order valence-corrected chi connectivity index (χ0v) is 11.6. The molecule has 2 heterocycles. The van der Waals surface area contributed by atoms with Gasteiger partial charge in [0, 0.05) is 42.3 Å². The van der Waals surface area contributed by atoms with E-state index >= 15 is 0 Å². The fourth-order valence-corrected chi connectivity index (χ4v) is 4.59. The van der Waals surface area contributed by atoms with Crippen LogP contribution in [0.15, 0.2) is 17.2 Å². The molecule has 4 rings (SSSR count). The van der Waals surface area contributed by atoms with Crippen LogP contribution in [0.3, 0.4) is 0 Å². The van der Waals surface area contributed by atoms with Gasteiger partial charge in [0.25, 0.3) is 0 Å². The van der Waals surface area contributed by atoms with Crippen LogP contribution in [-0.2, 0) is 13.0 Å². The number of thiol groups is 1. The lowest BCUT2D eigenvalue weighted by atomic mass is 9.92. The lowest BCUT2D eigenvalue weighted by molar-refractivity contribution is 0.127. The first-order chi connectivity index (χ1) is 8.79. The first-order valence-corrected chi connectivity index (χ1v) is 7.65. The first-order valence-electron chi connectivity index (χ1n) is 7.20. The van der Waals surface area contributed by atoms with E-state index in [1.165, 1.54) is 43.5 Å². The largest absolute Gasteiger partial charge is 0.295 e. The summed E-state index contributed by atoms with van der Waals surface area (Å²) >= 11 is 4.42. The minimum atomic E-state index is 0.862. The van der Waals surface area contributed by atoms with Gasteiger partial charge in [-0.05, 0) is 42.7 Å². The number of aromatic nitrogens is 1. The summed E-state index contributed by atoms with van der Waals surface area (Å²) in [4.78, 5) is 8.25. The average molecular weight is 260 g/mol. The van der Waals surface area contributed by atoms with Gasteiger partial charge in [-0.1, -0.05) is 6.42 Å². The molecular formula is C15H20N2S. The first kappa shape index (κ1) is 11.3. The van der Waals surface area contributed by atoms with Crippen molar-refractivity contribution in [1.29, 1.82) is 0 Å². The molecule has 0 aromatic carbocycles. The number of fused-ring (bicyclic) bond motifs is 3. The van der Waals surface area contributed by atoms with E-state index in [0.29, 0.717) is 0 Å². The summed E-state index contributed by atoms with van der Waals surface area (Å²) in [6.45, 7) is 2.31. The van der Waals surface area contributed by atoms with E-state index in [2.05, 4.69) is 28.6 Å². The SMILES string of the molecule is Sc1cnc2c(c1)CN(C1CC3CCC1C3)CC2. The predicted octanol–water partition coefficient (Wildman–Crippen LogP) is 2.92. The third-order valence-corrected chi connectivity index (χ3v) is 5.47. The summed E-state index contributed by atoms with van der Waals surface area (Å²) < 4.78 is 0. The van der Waals surface area contributed by atoms with Crippen molar-refractivity contribution in [2.45, 2.75) is 49.6 Å². The molecule has 2 aliphatic carbocycles. The van der Waals surface area contributed by atoms with E-state index in [1.54, 1.807) is 0 Å². The van der Waals surface area contributed by atoms with Gasteiger partial charge in [-0.25, -0.2) is 0 Å². The molecule has 0 radical (unpaired) electrons. The lowest BCUT2D eigenvalue weighted by Gasteiger charge is -2.37. The summed E-state index contributed by atoms with van der Waals surface area (Å²) in [5.41, 5.74) is 2.71. The van der Waals surface area contributed by atoms with Crippen LogP contribution in [0, 0.1) is 11.8 Å². The molecule has 96 valence electrons. The van der Waals surface area contributed by atoms with Gasteiger partial charge in [0.15, 0.2) is 0 Å². The molecule has 3 heteroatoms. The Balaban J connectivity index is 1.56. The highest BCUT2D eigenvalue weighted by Gasteiger charge is 2.42. The van der Waals surface area contributed by atoms with Gasteiger partial charge in [0.1, 0.15) is 0 Å². The van der Waals surface area contributed by atoms with Crippen LogP contribution >= 0.6 is 12.6 Å². The number of hydrogen-bond donors (Lipinski definition) is 1. The second-order valence-electron chi connectivity index (χ2n) is 6.26. The predicted molar refractivity (Wildman–Crippen MR) is 74.8 cm³/mol. The Morgan fingerprint density at radius 1 is 1.28 bits per heavy atom. The molecule has 2 bridgehead atoms. The quantitative estimate of drug-likeness (QED) is 0.782. The maximum absolute atomic E-state index is 4.52. The van der Waals surface area contributed by atoms with Gasteiger partial charge in [-0.2, -0.15) is 0 Å². The van der Waals surface area contributed by atoms with E-state index in [-0.39, 0.29) is 0 Å². The molecule has 3 aliphatic rings. The van der Waals surface area contributed by atoms with Crippen molar-refractivity contribution < 1.29 is 0 Å². The van der Waals surface area contributed by atoms with Crippen molar-refractivity contribution in [2.24, 2.45) is 11.8 Å². The van der Waals surface area contributed by atoms with Crippen LogP contribution in [0.4, 0.5) is 0 Å². The smallest absolute Gasteiger partial charge is 0.0462 e. The van der Waals surface area contributed by atoms with Crippen molar-refractivity contribution in [3.05, 3.63) is 23.5 Å². The van der Waals surface area contributed by atoms with Crippen molar-refractivity contribution in [3.8, 4) is 0 Å². The van der Waals surface area contributed by atoms with E-state index < -0.39 is 0 Å². The Labute approximate surface area is 114 Å². The Morgan fingerprint density at radius 3 is 3.00 bits per heavy atom. The minimum absolute atomic E-state index is 0.862. The molecule has 2 saturated carbocycles. The number of rotatable bonds is 1. The molecule has 0 N–H and O–H groups in total. The van der Waals surface area contributed by atoms with Gasteiger partial charge in [0.05, 0.1) is 0 Å². The van der Waals surface area contributed by atoms with Crippen molar-refractivity contribution >= 4 is 12.6 Å². The monoisotopic (exact) mass is 260 g/mol. The molecular weight excluding hydrogens is 240 g/mol. The Bertz CT molecular complexity index is 474. The normalized spacial score (nSPS) is 34.8. The fourth-order valence-electron chi connectivity index (χ4n) is 4.38. The molecule has 2 fully saturated rings. The summed E-state index contributed by atoms with van der Waals surface area (Å²) in [6.07, 6.45) is 8.93. The molecule has 3 unspecified atom stereocenters. The standard InChI is InChI=1S/C15H20N2S/c18-13-7-12-9-17(4-3-14(12)16-8-13)15-6-10-1-2-11(15)5-10/h7-8,10-11,15,18H,1-6,9H2. The topological polar surface area (TPSA) is 16.1 Å². The van der Waals surface area contributed by atoms with Crippen LogP contribution in [0.25, 0.3) is 0 Å². The van der Waals surface area contributed by atoms with Crippen molar-refractivity contribution in [3.63, 3.8) is 0 Å². The molecule has 2 nitrogen and oxygen atoms in total. The molecule has 1 aromatic rings. The Hall–Kier alpha value is -0.540. The Morgan fingerprint density at radius 2 is 2.22 bits per heavy atom. The zero-order chi connectivity index (χ0) is 12.1. The highest BCUT2D eigenvalue weighted by Crippen LogP contribution is 2.47. The zero-order valence-electron chi connectivity index (χ0n) is 10.7. The maximum Gasteiger partial charge on any atom is 0.0462 e. The van der Waals surface area contributed by atoms with E-state index in [4.69, 9.17) is 0 Å². The second kappa shape index (κ2) is 4.24. The van der Waals surface area contributed by atoms with E-state index in [9.17, 15) is 0 Å². The molecule has 1 aromatic heterocycles. The fraction of sp³-hybridized carbons (Fsp3) is 0.667. The molecule has 0 spiro atoms. The summed E-state index contributed by atoms with van der Waals surface area (Å²) in [5.74, 6) is 2.03. The molecule has 0 saturated heterocycles. The van der Waals surface area contributed by atoms with Crippen LogP contribution in [0.2, 0.25) is 0 Å². The number of pyridine rings is 1. The van der Waals surface area contributed by atoms with Crippen LogP contribution in [-0.4, -0.2) is 22.5 Å². The van der Waals surface area contributed by atoms with Gasteiger partial charge >= 0.3 is 0 Å². The highest BCUT2D eigenvalue weighted by atomic mass is 32.1. The van der Waals surface area contributed by atoms with Crippen molar-refractivity contribution in [1.82, 2.24) is 9.88 Å². The van der Waals surface area contributed by atoms with E-state index in [0.717, 1.165) is 35.7 Å². The summed E-state index contributed by atoms with van der Waals surface area (Å²) in [5, 5.41) is 0. The average Bonchev–Trinajstić information content (AvgIpc) is 3.00. The van der Waals surface area contributed by atoms with Gasteiger partial charge < -0.3 is 0 Å². The van der Waals surface area contributed by atoms with Gasteiger partial charge in [-0.3, -0.25) is 9.88 Å². The van der Waals surface area contributed by atoms with Crippen LogP contribution in [0.1, 0.15) is 36.9 Å². The molecule has 1 aliphatic heterocycles. The Kier molecular flexibility index (Phi) is 2.66. The summed E-state index contributed by atoms with van der Waals surface area (Å²) in [7, 11) is 0. The third kappa shape index (κ3) is 1.79. The van der Waals surface area contributed by atoms with Gasteiger partial charge in [-0.15, -0.1) is 12.6 Å². The van der Waals surface area contributed by atoms with Crippen LogP contribution in [0.5, 0.6) is 0 Å². The van der Waals surface area contributed by atoms with Gasteiger partial charge in [0.2, 0.25) is 0 Å². The highest BCUT2D eigenvalue weighted by molar-refractivity contribution is 7.80. The maximum atomic E-state index is 4.52. The number of nitrogens with zero attached hydrogens (tertiary/aromatic N) is 2. The number of hydrogen-bond acceptors (Lipinski definition) is 3. The molecule has 0 amide bonds. The van der Waals surface area contributed by atoms with E-state index in [1.807, 2.05) is 6.20 Å².